The molecule has 0 bridgehead atoms. The van der Waals surface area contributed by atoms with Crippen molar-refractivity contribution in [3.8, 4) is 11.5 Å². The number of rotatable bonds is 7. The van der Waals surface area contributed by atoms with Gasteiger partial charge < -0.3 is 19.7 Å². The fourth-order valence-electron chi connectivity index (χ4n) is 3.70. The second-order valence-corrected chi connectivity index (χ2v) is 7.57. The summed E-state index contributed by atoms with van der Waals surface area (Å²) in [6.07, 6.45) is 0.824. The zero-order chi connectivity index (χ0) is 20.1. The molecule has 1 atom stereocenters. The van der Waals surface area contributed by atoms with Crippen molar-refractivity contribution in [2.45, 2.75) is 39.4 Å². The first kappa shape index (κ1) is 20.2. The van der Waals surface area contributed by atoms with Gasteiger partial charge in [0.25, 0.3) is 0 Å². The lowest BCUT2D eigenvalue weighted by atomic mass is 9.96. The number of nitrogens with zero attached hydrogens (tertiary/aromatic N) is 1. The maximum Gasteiger partial charge on any atom is 0.240 e. The Hall–Kier alpha value is -2.53. The average Bonchev–Trinajstić information content (AvgIpc) is 2.72. The molecule has 2 aromatic carbocycles. The van der Waals surface area contributed by atoms with Gasteiger partial charge in [0.1, 0.15) is 0 Å². The number of fused-ring (bicyclic) bond motifs is 1. The molecule has 1 aliphatic rings. The minimum atomic E-state index is -0.207. The van der Waals surface area contributed by atoms with Gasteiger partial charge in [-0.15, -0.1) is 0 Å². The number of amides is 1. The summed E-state index contributed by atoms with van der Waals surface area (Å²) >= 11 is 0. The summed E-state index contributed by atoms with van der Waals surface area (Å²) in [7, 11) is 3.28. The van der Waals surface area contributed by atoms with E-state index in [4.69, 9.17) is 9.47 Å². The van der Waals surface area contributed by atoms with Crippen molar-refractivity contribution in [2.24, 2.45) is 5.92 Å². The van der Waals surface area contributed by atoms with Gasteiger partial charge in [-0.2, -0.15) is 0 Å². The Kier molecular flexibility index (Phi) is 6.57. The van der Waals surface area contributed by atoms with Crippen LogP contribution in [0.25, 0.3) is 0 Å². The quantitative estimate of drug-likeness (QED) is 0.797. The first-order chi connectivity index (χ1) is 13.5. The van der Waals surface area contributed by atoms with Crippen LogP contribution in [0.1, 0.15) is 30.5 Å². The SMILES string of the molecule is COc1cc2c(cc1OC)CN(C(=O)[C@@H](NCc1ccccc1)C(C)C)CC2. The zero-order valence-corrected chi connectivity index (χ0v) is 17.2. The second-order valence-electron chi connectivity index (χ2n) is 7.57. The van der Waals surface area contributed by atoms with Gasteiger partial charge in [0.2, 0.25) is 5.91 Å². The number of methoxy groups -OCH3 is 2. The van der Waals surface area contributed by atoms with E-state index in [1.807, 2.05) is 35.2 Å². The molecule has 3 rings (SSSR count). The smallest absolute Gasteiger partial charge is 0.240 e. The van der Waals surface area contributed by atoms with Crippen LogP contribution in [0.15, 0.2) is 42.5 Å². The van der Waals surface area contributed by atoms with Gasteiger partial charge in [0.05, 0.1) is 20.3 Å². The van der Waals surface area contributed by atoms with Crippen LogP contribution in [0, 0.1) is 5.92 Å². The van der Waals surface area contributed by atoms with E-state index in [9.17, 15) is 4.79 Å². The van der Waals surface area contributed by atoms with Gasteiger partial charge in [-0.3, -0.25) is 4.79 Å². The van der Waals surface area contributed by atoms with Gasteiger partial charge in [-0.25, -0.2) is 0 Å². The lowest BCUT2D eigenvalue weighted by Gasteiger charge is -2.34. The van der Waals surface area contributed by atoms with Gasteiger partial charge in [-0.05, 0) is 41.2 Å². The lowest BCUT2D eigenvalue weighted by molar-refractivity contribution is -0.135. The molecule has 0 saturated carbocycles. The summed E-state index contributed by atoms with van der Waals surface area (Å²) in [4.78, 5) is 15.2. The lowest BCUT2D eigenvalue weighted by Crippen LogP contribution is -2.50. The van der Waals surface area contributed by atoms with Gasteiger partial charge in [-0.1, -0.05) is 44.2 Å². The molecule has 2 aromatic rings. The third kappa shape index (κ3) is 4.47. The van der Waals surface area contributed by atoms with Gasteiger partial charge in [0, 0.05) is 19.6 Å². The molecule has 0 fully saturated rings. The molecule has 0 spiro atoms. The van der Waals surface area contributed by atoms with E-state index in [1.54, 1.807) is 14.2 Å². The molecule has 150 valence electrons. The molecule has 1 amide bonds. The molecule has 1 N–H and O–H groups in total. The minimum Gasteiger partial charge on any atom is -0.493 e. The van der Waals surface area contributed by atoms with Crippen LogP contribution in [-0.4, -0.2) is 37.6 Å². The topological polar surface area (TPSA) is 50.8 Å². The molecule has 28 heavy (non-hydrogen) atoms. The van der Waals surface area contributed by atoms with E-state index >= 15 is 0 Å². The van der Waals surface area contributed by atoms with E-state index in [0.29, 0.717) is 18.8 Å². The van der Waals surface area contributed by atoms with E-state index < -0.39 is 0 Å². The van der Waals surface area contributed by atoms with Crippen LogP contribution in [0.2, 0.25) is 0 Å². The Balaban J connectivity index is 1.72. The van der Waals surface area contributed by atoms with Crippen molar-refractivity contribution >= 4 is 5.91 Å². The molecular weight excluding hydrogens is 352 g/mol. The maximum absolute atomic E-state index is 13.3. The Morgan fingerprint density at radius 2 is 1.71 bits per heavy atom. The van der Waals surface area contributed by atoms with E-state index in [0.717, 1.165) is 24.3 Å². The molecule has 5 nitrogen and oxygen atoms in total. The zero-order valence-electron chi connectivity index (χ0n) is 17.2. The summed E-state index contributed by atoms with van der Waals surface area (Å²) in [5.41, 5.74) is 3.53. The molecule has 0 saturated heterocycles. The van der Waals surface area contributed by atoms with E-state index in [2.05, 4.69) is 31.3 Å². The van der Waals surface area contributed by atoms with Crippen LogP contribution < -0.4 is 14.8 Å². The van der Waals surface area contributed by atoms with Crippen LogP contribution in [0.3, 0.4) is 0 Å². The minimum absolute atomic E-state index is 0.159. The first-order valence-electron chi connectivity index (χ1n) is 9.83. The Labute approximate surface area is 167 Å². The predicted octanol–water partition coefficient (Wildman–Crippen LogP) is 3.40. The standard InChI is InChI=1S/C23H30N2O3/c1-16(2)22(24-14-17-8-6-5-7-9-17)23(26)25-11-10-18-12-20(27-3)21(28-4)13-19(18)15-25/h5-9,12-13,16,22,24H,10-11,14-15H2,1-4H3/t22-/m0/s1. The summed E-state index contributed by atoms with van der Waals surface area (Å²) in [5.74, 6) is 1.82. The third-order valence-corrected chi connectivity index (χ3v) is 5.33. The van der Waals surface area contributed by atoms with Crippen LogP contribution in [0.4, 0.5) is 0 Å². The van der Waals surface area contributed by atoms with Crippen molar-refractivity contribution in [2.75, 3.05) is 20.8 Å². The van der Waals surface area contributed by atoms with Gasteiger partial charge >= 0.3 is 0 Å². The van der Waals surface area contributed by atoms with Crippen molar-refractivity contribution in [3.05, 3.63) is 59.2 Å². The molecule has 1 heterocycles. The van der Waals surface area contributed by atoms with Crippen LogP contribution >= 0.6 is 0 Å². The van der Waals surface area contributed by atoms with E-state index in [1.165, 1.54) is 11.1 Å². The highest BCUT2D eigenvalue weighted by atomic mass is 16.5. The Bertz CT molecular complexity index is 805. The summed E-state index contributed by atoms with van der Waals surface area (Å²) in [6.45, 7) is 6.19. The van der Waals surface area contributed by atoms with E-state index in [-0.39, 0.29) is 17.9 Å². The van der Waals surface area contributed by atoms with Crippen molar-refractivity contribution < 1.29 is 14.3 Å². The number of ether oxygens (including phenoxy) is 2. The molecule has 0 unspecified atom stereocenters. The Morgan fingerprint density at radius 1 is 1.07 bits per heavy atom. The maximum atomic E-state index is 13.3. The summed E-state index contributed by atoms with van der Waals surface area (Å²) in [6, 6.07) is 14.0. The molecule has 5 heteroatoms. The highest BCUT2D eigenvalue weighted by Gasteiger charge is 2.29. The second kappa shape index (κ2) is 9.11. The molecule has 0 aromatic heterocycles. The van der Waals surface area contributed by atoms with Crippen LogP contribution in [-0.2, 0) is 24.3 Å². The number of benzene rings is 2. The monoisotopic (exact) mass is 382 g/mol. The molecule has 0 aliphatic carbocycles. The molecular formula is C23H30N2O3. The summed E-state index contributed by atoms with van der Waals surface area (Å²) < 4.78 is 10.8. The third-order valence-electron chi connectivity index (χ3n) is 5.33. The first-order valence-corrected chi connectivity index (χ1v) is 9.83. The van der Waals surface area contributed by atoms with Crippen molar-refractivity contribution in [3.63, 3.8) is 0 Å². The largest absolute Gasteiger partial charge is 0.493 e. The number of hydrogen-bond donors (Lipinski definition) is 1. The average molecular weight is 383 g/mol. The highest BCUT2D eigenvalue weighted by Crippen LogP contribution is 2.33. The van der Waals surface area contributed by atoms with Crippen molar-refractivity contribution in [1.82, 2.24) is 10.2 Å². The molecule has 0 radical (unpaired) electrons. The number of hydrogen-bond acceptors (Lipinski definition) is 4. The summed E-state index contributed by atoms with van der Waals surface area (Å²) in [5, 5.41) is 3.46. The van der Waals surface area contributed by atoms with Gasteiger partial charge in [0.15, 0.2) is 11.5 Å². The van der Waals surface area contributed by atoms with Crippen molar-refractivity contribution in [1.29, 1.82) is 0 Å². The molecule has 1 aliphatic heterocycles. The normalized spacial score (nSPS) is 14.5. The van der Waals surface area contributed by atoms with Crippen LogP contribution in [0.5, 0.6) is 11.5 Å². The fraction of sp³-hybridized carbons (Fsp3) is 0.435. The fourth-order valence-corrected chi connectivity index (χ4v) is 3.70. The number of carbonyl (C=O) groups excluding carboxylic acids is 1. The Morgan fingerprint density at radius 3 is 2.32 bits per heavy atom. The number of carbonyl (C=O) groups is 1. The highest BCUT2D eigenvalue weighted by molar-refractivity contribution is 5.82. The number of nitrogens with one attached hydrogen (secondary N) is 1. The predicted molar refractivity (Wildman–Crippen MR) is 111 cm³/mol.